The number of methoxy groups -OCH3 is 3. The van der Waals surface area contributed by atoms with Gasteiger partial charge in [-0.2, -0.15) is 0 Å². The first-order valence-electron chi connectivity index (χ1n) is 2.95. The summed E-state index contributed by atoms with van der Waals surface area (Å²) in [5.74, 6) is -1.41. The molecule has 5 nitrogen and oxygen atoms in total. The number of hydrogen-bond donors (Lipinski definition) is 0. The van der Waals surface area contributed by atoms with Gasteiger partial charge in [0.05, 0.1) is 0 Å². The maximum atomic E-state index is 9.98. The Hall–Kier alpha value is -0.650. The van der Waals surface area contributed by atoms with Crippen LogP contribution >= 0.6 is 0 Å². The van der Waals surface area contributed by atoms with Gasteiger partial charge < -0.3 is 18.9 Å². The van der Waals surface area contributed by atoms with Crippen LogP contribution in [0.5, 0.6) is 0 Å². The molecule has 0 fully saturated rings. The van der Waals surface area contributed by atoms with E-state index in [-0.39, 0.29) is 13.1 Å². The van der Waals surface area contributed by atoms with Gasteiger partial charge in [0.2, 0.25) is 0 Å². The molecule has 0 radical (unpaired) electrons. The average Bonchev–Trinajstić information content (AvgIpc) is 2.04. The second-order valence-electron chi connectivity index (χ2n) is 1.74. The van der Waals surface area contributed by atoms with Crippen LogP contribution in [0.2, 0.25) is 0 Å². The molecule has 0 saturated heterocycles. The predicted molar refractivity (Wildman–Crippen MR) is 35.8 cm³/mol. The van der Waals surface area contributed by atoms with Gasteiger partial charge in [0, 0.05) is 21.3 Å². The molecule has 0 aliphatic carbocycles. The van der Waals surface area contributed by atoms with Gasteiger partial charge in [-0.1, -0.05) is 0 Å². The Morgan fingerprint density at radius 2 is 1.82 bits per heavy atom. The molecule has 0 aromatic rings. The van der Waals surface area contributed by atoms with E-state index in [0.29, 0.717) is 0 Å². The third kappa shape index (κ3) is 2.83. The second kappa shape index (κ2) is 5.06. The van der Waals surface area contributed by atoms with E-state index < -0.39 is 5.97 Å². The van der Waals surface area contributed by atoms with Gasteiger partial charge in [-0.05, 0) is 0 Å². The van der Waals surface area contributed by atoms with Crippen LogP contribution in [0.4, 0.5) is 0 Å². The molecule has 0 rings (SSSR count). The molecule has 11 heavy (non-hydrogen) atoms. The second-order valence-corrected chi connectivity index (χ2v) is 1.74. The van der Waals surface area contributed by atoms with Gasteiger partial charge in [-0.3, -0.25) is 4.79 Å². The molecular formula is C6H12O5. The van der Waals surface area contributed by atoms with Gasteiger partial charge in [-0.25, -0.2) is 0 Å². The van der Waals surface area contributed by atoms with Crippen LogP contribution in [0.3, 0.4) is 0 Å². The monoisotopic (exact) mass is 164 g/mol. The molecule has 0 saturated carbocycles. The Kier molecular flexibility index (Phi) is 4.76. The van der Waals surface area contributed by atoms with E-state index >= 15 is 0 Å². The minimum Gasteiger partial charge on any atom is -0.408 e. The first-order valence-corrected chi connectivity index (χ1v) is 2.95. The fourth-order valence-electron chi connectivity index (χ4n) is 0.582. The predicted octanol–water partition coefficient (Wildman–Crippen LogP) is -0.248. The van der Waals surface area contributed by atoms with Crippen molar-refractivity contribution in [1.29, 1.82) is 0 Å². The summed E-state index contributed by atoms with van der Waals surface area (Å²) in [6.45, 7) is 0.269. The molecule has 0 aliphatic heterocycles. The summed E-state index contributed by atoms with van der Waals surface area (Å²) in [5, 5.41) is 0. The maximum Gasteiger partial charge on any atom is 0.353 e. The molecule has 0 unspecified atom stereocenters. The van der Waals surface area contributed by atoms with Crippen molar-refractivity contribution in [1.82, 2.24) is 0 Å². The van der Waals surface area contributed by atoms with Gasteiger partial charge >= 0.3 is 5.97 Å². The molecule has 0 aromatic heterocycles. The molecule has 0 aliphatic rings. The van der Waals surface area contributed by atoms with Gasteiger partial charge in [0.1, 0.15) is 6.61 Å². The van der Waals surface area contributed by atoms with Crippen molar-refractivity contribution >= 4 is 6.47 Å². The number of hydrogen-bond acceptors (Lipinski definition) is 5. The van der Waals surface area contributed by atoms with Crippen LogP contribution < -0.4 is 0 Å². The lowest BCUT2D eigenvalue weighted by Crippen LogP contribution is -2.41. The Bertz CT molecular complexity index is 110. The minimum atomic E-state index is -1.41. The Labute approximate surface area is 65.2 Å². The summed E-state index contributed by atoms with van der Waals surface area (Å²) in [6.07, 6.45) is 0. The van der Waals surface area contributed by atoms with Crippen molar-refractivity contribution in [3.8, 4) is 0 Å². The van der Waals surface area contributed by atoms with Crippen LogP contribution in [0, 0.1) is 0 Å². The lowest BCUT2D eigenvalue weighted by atomic mass is 10.6. The SMILES string of the molecule is COCC(OC)(OC)OC=O. The fraction of sp³-hybridized carbons (Fsp3) is 0.833. The molecular weight excluding hydrogens is 152 g/mol. The highest BCUT2D eigenvalue weighted by molar-refractivity contribution is 5.37. The van der Waals surface area contributed by atoms with E-state index in [1.165, 1.54) is 21.3 Å². The van der Waals surface area contributed by atoms with E-state index in [9.17, 15) is 4.79 Å². The zero-order valence-corrected chi connectivity index (χ0v) is 6.83. The number of carbonyl (C=O) groups excluding carboxylic acids is 1. The smallest absolute Gasteiger partial charge is 0.353 e. The fourth-order valence-corrected chi connectivity index (χ4v) is 0.582. The van der Waals surface area contributed by atoms with E-state index in [1.807, 2.05) is 0 Å². The van der Waals surface area contributed by atoms with Crippen molar-refractivity contribution in [2.75, 3.05) is 27.9 Å². The highest BCUT2D eigenvalue weighted by Gasteiger charge is 2.31. The summed E-state index contributed by atoms with van der Waals surface area (Å²) >= 11 is 0. The van der Waals surface area contributed by atoms with Crippen LogP contribution in [0.15, 0.2) is 0 Å². The normalized spacial score (nSPS) is 11.2. The molecule has 0 N–H and O–H groups in total. The molecule has 0 heterocycles. The summed E-state index contributed by atoms with van der Waals surface area (Å²) in [5.41, 5.74) is 0. The van der Waals surface area contributed by atoms with Crippen molar-refractivity contribution in [3.63, 3.8) is 0 Å². The molecule has 0 atom stereocenters. The Morgan fingerprint density at radius 1 is 1.27 bits per heavy atom. The summed E-state index contributed by atoms with van der Waals surface area (Å²) < 4.78 is 18.8. The quantitative estimate of drug-likeness (QED) is 0.400. The topological polar surface area (TPSA) is 54.0 Å². The van der Waals surface area contributed by atoms with Crippen LogP contribution in [0.25, 0.3) is 0 Å². The molecule has 5 heteroatoms. The lowest BCUT2D eigenvalue weighted by molar-refractivity contribution is -0.353. The first-order chi connectivity index (χ1) is 5.24. The van der Waals surface area contributed by atoms with E-state index in [0.717, 1.165) is 0 Å². The minimum absolute atomic E-state index is 0.0265. The summed E-state index contributed by atoms with van der Waals surface area (Å²) in [4.78, 5) is 9.98. The van der Waals surface area contributed by atoms with Gasteiger partial charge in [0.25, 0.3) is 6.47 Å². The van der Waals surface area contributed by atoms with Crippen LogP contribution in [-0.4, -0.2) is 40.4 Å². The van der Waals surface area contributed by atoms with Gasteiger partial charge in [0.15, 0.2) is 0 Å². The van der Waals surface area contributed by atoms with Crippen molar-refractivity contribution < 1.29 is 23.7 Å². The van der Waals surface area contributed by atoms with Crippen molar-refractivity contribution in [2.45, 2.75) is 5.97 Å². The zero-order valence-electron chi connectivity index (χ0n) is 6.83. The summed E-state index contributed by atoms with van der Waals surface area (Å²) in [6, 6.07) is 0. The zero-order chi connectivity index (χ0) is 8.74. The highest BCUT2D eigenvalue weighted by Crippen LogP contribution is 2.11. The molecule has 0 bridgehead atoms. The maximum absolute atomic E-state index is 9.98. The van der Waals surface area contributed by atoms with Gasteiger partial charge in [-0.15, -0.1) is 0 Å². The van der Waals surface area contributed by atoms with E-state index in [4.69, 9.17) is 14.2 Å². The third-order valence-electron chi connectivity index (χ3n) is 1.17. The number of rotatable bonds is 6. The molecule has 0 aromatic carbocycles. The van der Waals surface area contributed by atoms with E-state index in [1.54, 1.807) is 0 Å². The highest BCUT2D eigenvalue weighted by atomic mass is 16.9. The van der Waals surface area contributed by atoms with Crippen LogP contribution in [-0.2, 0) is 23.7 Å². The third-order valence-corrected chi connectivity index (χ3v) is 1.17. The molecule has 66 valence electrons. The van der Waals surface area contributed by atoms with Crippen molar-refractivity contribution in [2.24, 2.45) is 0 Å². The van der Waals surface area contributed by atoms with Crippen molar-refractivity contribution in [3.05, 3.63) is 0 Å². The standard InChI is InChI=1S/C6H12O5/c1-8-4-6(9-2,10-3)11-5-7/h5H,4H2,1-3H3. The summed E-state index contributed by atoms with van der Waals surface area (Å²) in [7, 11) is 4.15. The van der Waals surface area contributed by atoms with E-state index in [2.05, 4.69) is 4.74 Å². The first kappa shape index (κ1) is 10.3. The van der Waals surface area contributed by atoms with Crippen LogP contribution in [0.1, 0.15) is 0 Å². The largest absolute Gasteiger partial charge is 0.408 e. The molecule has 0 spiro atoms. The average molecular weight is 164 g/mol. The number of carbonyl (C=O) groups is 1. The lowest BCUT2D eigenvalue weighted by Gasteiger charge is -2.26. The number of ether oxygens (including phenoxy) is 4. The Morgan fingerprint density at radius 3 is 2.09 bits per heavy atom. The molecule has 0 amide bonds. The Balaban J connectivity index is 4.06.